The lowest BCUT2D eigenvalue weighted by molar-refractivity contribution is -0.122. The van der Waals surface area contributed by atoms with E-state index in [-0.39, 0.29) is 21.3 Å². The number of nitrogens with one attached hydrogen (secondary N) is 1. The maximum absolute atomic E-state index is 13.3. The van der Waals surface area contributed by atoms with Gasteiger partial charge in [0.2, 0.25) is 0 Å². The second-order valence-electron chi connectivity index (χ2n) is 9.07. The summed E-state index contributed by atoms with van der Waals surface area (Å²) in [6.45, 7) is 5.11. The summed E-state index contributed by atoms with van der Waals surface area (Å²) in [6.07, 6.45) is 8.88. The Bertz CT molecular complexity index is 1210. The predicted octanol–water partition coefficient (Wildman–Crippen LogP) is 7.20. The van der Waals surface area contributed by atoms with Gasteiger partial charge in [-0.2, -0.15) is 0 Å². The van der Waals surface area contributed by atoms with Gasteiger partial charge in [-0.15, -0.1) is 0 Å². The molecule has 1 aliphatic rings. The molecule has 0 unspecified atom stereocenters. The van der Waals surface area contributed by atoms with Crippen LogP contribution >= 0.6 is 23.2 Å². The van der Waals surface area contributed by atoms with Gasteiger partial charge in [-0.1, -0.05) is 69.2 Å². The molecular weight excluding hydrogens is 543 g/mol. The van der Waals surface area contributed by atoms with Crippen LogP contribution in [0.2, 0.25) is 10.0 Å². The highest BCUT2D eigenvalue weighted by molar-refractivity contribution is 6.40. The molecule has 2 aromatic rings. The van der Waals surface area contributed by atoms with E-state index in [1.807, 2.05) is 6.92 Å². The summed E-state index contributed by atoms with van der Waals surface area (Å²) in [5.41, 5.74) is 0.365. The van der Waals surface area contributed by atoms with Gasteiger partial charge in [0, 0.05) is 6.07 Å². The highest BCUT2D eigenvalue weighted by Crippen LogP contribution is 2.36. The Morgan fingerprint density at radius 2 is 1.54 bits per heavy atom. The largest absolute Gasteiger partial charge is 0.493 e. The van der Waals surface area contributed by atoms with E-state index < -0.39 is 17.8 Å². The molecular formula is C29H34Cl2N2O6. The number of urea groups is 1. The molecule has 1 fully saturated rings. The molecule has 210 valence electrons. The van der Waals surface area contributed by atoms with Crippen molar-refractivity contribution in [2.24, 2.45) is 0 Å². The van der Waals surface area contributed by atoms with E-state index in [9.17, 15) is 14.4 Å². The quantitative estimate of drug-likeness (QED) is 0.145. The number of anilines is 1. The van der Waals surface area contributed by atoms with Crippen molar-refractivity contribution < 1.29 is 28.6 Å². The summed E-state index contributed by atoms with van der Waals surface area (Å²) in [5.74, 6) is -0.458. The zero-order chi connectivity index (χ0) is 28.4. The number of hydrogen-bond donors (Lipinski definition) is 1. The monoisotopic (exact) mass is 576 g/mol. The van der Waals surface area contributed by atoms with Gasteiger partial charge in [0.1, 0.15) is 5.57 Å². The highest BCUT2D eigenvalue weighted by Gasteiger charge is 2.37. The first-order valence-corrected chi connectivity index (χ1v) is 13.9. The fourth-order valence-corrected chi connectivity index (χ4v) is 4.66. The number of methoxy groups -OCH3 is 1. The van der Waals surface area contributed by atoms with Crippen LogP contribution in [-0.4, -0.2) is 38.2 Å². The molecule has 1 aliphatic heterocycles. The van der Waals surface area contributed by atoms with Crippen LogP contribution in [-0.2, 0) is 9.59 Å². The first kappa shape index (κ1) is 30.3. The molecule has 0 spiro atoms. The van der Waals surface area contributed by atoms with Crippen molar-refractivity contribution in [3.8, 4) is 17.2 Å². The normalized spacial score (nSPS) is 14.5. The Kier molecular flexibility index (Phi) is 11.5. The number of rotatable bonds is 14. The van der Waals surface area contributed by atoms with Gasteiger partial charge < -0.3 is 14.2 Å². The van der Waals surface area contributed by atoms with E-state index in [2.05, 4.69) is 12.2 Å². The van der Waals surface area contributed by atoms with Crippen molar-refractivity contribution in [2.45, 2.75) is 58.8 Å². The standard InChI is InChI=1S/C29H34Cl2N2O6/c1-4-6-7-8-9-10-14-39-26-22(30)16-19(17-23(26)31)15-21-27(34)32-29(36)33(28(21)35)20-11-12-24(38-13-5-2)25(18-20)37-3/h11-12,15-18H,4-10,13-14H2,1-3H3,(H,32,34,36)/b21-15-. The van der Waals surface area contributed by atoms with Crippen LogP contribution in [0, 0.1) is 0 Å². The van der Waals surface area contributed by atoms with Crippen molar-refractivity contribution in [3.63, 3.8) is 0 Å². The number of unbranched alkanes of at least 4 members (excludes halogenated alkanes) is 5. The number of benzene rings is 2. The van der Waals surface area contributed by atoms with E-state index in [1.54, 1.807) is 24.3 Å². The molecule has 3 rings (SSSR count). The van der Waals surface area contributed by atoms with Gasteiger partial charge in [-0.25, -0.2) is 9.69 Å². The summed E-state index contributed by atoms with van der Waals surface area (Å²) in [6, 6.07) is 6.89. The van der Waals surface area contributed by atoms with Crippen LogP contribution < -0.4 is 24.4 Å². The number of barbiturate groups is 1. The molecule has 0 radical (unpaired) electrons. The number of halogens is 2. The Balaban J connectivity index is 1.79. The van der Waals surface area contributed by atoms with Gasteiger partial charge in [0.05, 0.1) is 36.1 Å². The van der Waals surface area contributed by atoms with Crippen molar-refractivity contribution in [3.05, 3.63) is 51.5 Å². The minimum Gasteiger partial charge on any atom is -0.493 e. The zero-order valence-corrected chi connectivity index (χ0v) is 24.0. The van der Waals surface area contributed by atoms with Crippen molar-refractivity contribution in [2.75, 3.05) is 25.2 Å². The van der Waals surface area contributed by atoms with Crippen LogP contribution in [0.15, 0.2) is 35.9 Å². The van der Waals surface area contributed by atoms with Crippen LogP contribution in [0.4, 0.5) is 10.5 Å². The summed E-state index contributed by atoms with van der Waals surface area (Å²) in [5, 5.41) is 2.71. The van der Waals surface area contributed by atoms with E-state index in [0.717, 1.165) is 30.6 Å². The average molecular weight is 578 g/mol. The third kappa shape index (κ3) is 7.90. The molecule has 1 heterocycles. The topological polar surface area (TPSA) is 94.2 Å². The fraction of sp³-hybridized carbons (Fsp3) is 0.414. The Morgan fingerprint density at radius 3 is 2.21 bits per heavy atom. The molecule has 39 heavy (non-hydrogen) atoms. The van der Waals surface area contributed by atoms with Crippen LogP contribution in [0.1, 0.15) is 64.4 Å². The molecule has 10 heteroatoms. The molecule has 0 atom stereocenters. The SMILES string of the molecule is CCCCCCCCOc1c(Cl)cc(/C=C2/C(=O)NC(=O)N(c3ccc(OCCC)c(OC)c3)C2=O)cc1Cl. The van der Waals surface area contributed by atoms with E-state index in [0.29, 0.717) is 36.0 Å². The summed E-state index contributed by atoms with van der Waals surface area (Å²) < 4.78 is 16.8. The Hall–Kier alpha value is -3.23. The van der Waals surface area contributed by atoms with Crippen LogP contribution in [0.3, 0.4) is 0 Å². The molecule has 8 nitrogen and oxygen atoms in total. The van der Waals surface area contributed by atoms with Gasteiger partial charge in [0.15, 0.2) is 17.2 Å². The van der Waals surface area contributed by atoms with E-state index >= 15 is 0 Å². The minimum atomic E-state index is -0.874. The van der Waals surface area contributed by atoms with Crippen LogP contribution in [0.25, 0.3) is 6.08 Å². The van der Waals surface area contributed by atoms with E-state index in [1.165, 1.54) is 38.5 Å². The second kappa shape index (κ2) is 14.8. The highest BCUT2D eigenvalue weighted by atomic mass is 35.5. The van der Waals surface area contributed by atoms with Gasteiger partial charge in [-0.05, 0) is 48.7 Å². The second-order valence-corrected chi connectivity index (χ2v) is 9.89. The lowest BCUT2D eigenvalue weighted by Gasteiger charge is -2.27. The van der Waals surface area contributed by atoms with E-state index in [4.69, 9.17) is 37.4 Å². The minimum absolute atomic E-state index is 0.214. The van der Waals surface area contributed by atoms with Crippen molar-refractivity contribution in [1.82, 2.24) is 5.32 Å². The maximum Gasteiger partial charge on any atom is 0.335 e. The molecule has 4 amide bonds. The summed E-state index contributed by atoms with van der Waals surface area (Å²) >= 11 is 12.8. The molecule has 0 saturated carbocycles. The lowest BCUT2D eigenvalue weighted by atomic mass is 10.1. The molecule has 1 saturated heterocycles. The molecule has 0 aromatic heterocycles. The third-order valence-corrected chi connectivity index (χ3v) is 6.61. The zero-order valence-electron chi connectivity index (χ0n) is 22.5. The number of amides is 4. The third-order valence-electron chi connectivity index (χ3n) is 6.04. The number of carbonyl (C=O) groups is 3. The Morgan fingerprint density at radius 1 is 0.846 bits per heavy atom. The molecule has 0 aliphatic carbocycles. The average Bonchev–Trinajstić information content (AvgIpc) is 2.90. The number of hydrogen-bond acceptors (Lipinski definition) is 6. The fourth-order valence-electron chi connectivity index (χ4n) is 4.04. The van der Waals surface area contributed by atoms with Crippen LogP contribution in [0.5, 0.6) is 17.2 Å². The number of ether oxygens (including phenoxy) is 3. The number of nitrogens with zero attached hydrogens (tertiary/aromatic N) is 1. The molecule has 2 aromatic carbocycles. The predicted molar refractivity (Wildman–Crippen MR) is 153 cm³/mol. The summed E-state index contributed by atoms with van der Waals surface area (Å²) in [7, 11) is 1.46. The summed E-state index contributed by atoms with van der Waals surface area (Å²) in [4.78, 5) is 39.4. The van der Waals surface area contributed by atoms with Crippen molar-refractivity contribution >= 4 is 52.8 Å². The van der Waals surface area contributed by atoms with Gasteiger partial charge in [0.25, 0.3) is 11.8 Å². The first-order valence-electron chi connectivity index (χ1n) is 13.1. The Labute approximate surface area is 239 Å². The maximum atomic E-state index is 13.3. The molecule has 1 N–H and O–H groups in total. The smallest absolute Gasteiger partial charge is 0.335 e. The van der Waals surface area contributed by atoms with Gasteiger partial charge >= 0.3 is 6.03 Å². The number of carbonyl (C=O) groups excluding carboxylic acids is 3. The lowest BCUT2D eigenvalue weighted by Crippen LogP contribution is -2.54. The van der Waals surface area contributed by atoms with Gasteiger partial charge in [-0.3, -0.25) is 14.9 Å². The molecule has 0 bridgehead atoms. The number of imide groups is 2. The van der Waals surface area contributed by atoms with Crippen molar-refractivity contribution in [1.29, 1.82) is 0 Å². The first-order chi connectivity index (χ1) is 18.8.